The van der Waals surface area contributed by atoms with E-state index in [1.807, 2.05) is 6.92 Å². The predicted octanol–water partition coefficient (Wildman–Crippen LogP) is 1.04. The summed E-state index contributed by atoms with van der Waals surface area (Å²) < 4.78 is 1.54. The van der Waals surface area contributed by atoms with Crippen LogP contribution in [-0.4, -0.2) is 32.6 Å². The lowest BCUT2D eigenvalue weighted by molar-refractivity contribution is 0.0780. The number of nitrogen functional groups attached to an aromatic ring is 1. The number of aromatic nitrogens is 3. The standard InChI is InChI=1S/C11H15N5OS/c1-7-9(18-6-13-7)5-15(2)11(17)10-8(12)4-16(3)14-10/h4,6H,5,12H2,1-3H3. The Morgan fingerprint density at radius 1 is 1.61 bits per heavy atom. The van der Waals surface area contributed by atoms with E-state index in [1.165, 1.54) is 16.0 Å². The Bertz CT molecular complexity index is 574. The summed E-state index contributed by atoms with van der Waals surface area (Å²) in [5.74, 6) is -0.180. The second-order valence-corrected chi connectivity index (χ2v) is 5.07. The van der Waals surface area contributed by atoms with E-state index in [2.05, 4.69) is 10.1 Å². The molecule has 2 N–H and O–H groups in total. The molecule has 0 unspecified atom stereocenters. The zero-order chi connectivity index (χ0) is 13.3. The molecule has 0 saturated heterocycles. The number of rotatable bonds is 3. The third-order valence-electron chi connectivity index (χ3n) is 2.63. The molecule has 0 atom stereocenters. The monoisotopic (exact) mass is 265 g/mol. The topological polar surface area (TPSA) is 77.0 Å². The average molecular weight is 265 g/mol. The van der Waals surface area contributed by atoms with E-state index in [4.69, 9.17) is 5.73 Å². The van der Waals surface area contributed by atoms with Crippen LogP contribution in [0.4, 0.5) is 5.69 Å². The lowest BCUT2D eigenvalue weighted by Gasteiger charge is -2.15. The number of nitrogens with zero attached hydrogens (tertiary/aromatic N) is 4. The van der Waals surface area contributed by atoms with Gasteiger partial charge < -0.3 is 10.6 Å². The Hall–Kier alpha value is -1.89. The van der Waals surface area contributed by atoms with E-state index >= 15 is 0 Å². The summed E-state index contributed by atoms with van der Waals surface area (Å²) in [6.07, 6.45) is 1.62. The molecule has 0 fully saturated rings. The quantitative estimate of drug-likeness (QED) is 0.899. The third-order valence-corrected chi connectivity index (χ3v) is 3.55. The number of thiazole rings is 1. The minimum atomic E-state index is -0.180. The van der Waals surface area contributed by atoms with Crippen molar-refractivity contribution in [3.63, 3.8) is 0 Å². The summed E-state index contributed by atoms with van der Waals surface area (Å²) in [7, 11) is 3.47. The van der Waals surface area contributed by atoms with Gasteiger partial charge >= 0.3 is 0 Å². The molecule has 2 aromatic heterocycles. The van der Waals surface area contributed by atoms with Crippen molar-refractivity contribution < 1.29 is 4.79 Å². The van der Waals surface area contributed by atoms with Crippen LogP contribution in [0.2, 0.25) is 0 Å². The van der Waals surface area contributed by atoms with Crippen LogP contribution in [0.5, 0.6) is 0 Å². The number of carbonyl (C=O) groups is 1. The van der Waals surface area contributed by atoms with E-state index in [0.29, 0.717) is 17.9 Å². The fraction of sp³-hybridized carbons (Fsp3) is 0.364. The molecular weight excluding hydrogens is 250 g/mol. The van der Waals surface area contributed by atoms with Crippen LogP contribution in [-0.2, 0) is 13.6 Å². The Morgan fingerprint density at radius 2 is 2.33 bits per heavy atom. The highest BCUT2D eigenvalue weighted by molar-refractivity contribution is 7.09. The van der Waals surface area contributed by atoms with Crippen molar-refractivity contribution in [2.24, 2.45) is 7.05 Å². The second kappa shape index (κ2) is 4.77. The Morgan fingerprint density at radius 3 is 2.83 bits per heavy atom. The van der Waals surface area contributed by atoms with Gasteiger partial charge in [0.25, 0.3) is 5.91 Å². The Labute approximate surface area is 109 Å². The highest BCUT2D eigenvalue weighted by Crippen LogP contribution is 2.17. The molecule has 1 amide bonds. The lowest BCUT2D eigenvalue weighted by atomic mass is 10.3. The van der Waals surface area contributed by atoms with Crippen LogP contribution in [0, 0.1) is 6.92 Å². The van der Waals surface area contributed by atoms with Crippen molar-refractivity contribution in [1.29, 1.82) is 0 Å². The first-order valence-electron chi connectivity index (χ1n) is 5.42. The molecule has 18 heavy (non-hydrogen) atoms. The molecule has 0 aliphatic heterocycles. The largest absolute Gasteiger partial charge is 0.396 e. The van der Waals surface area contributed by atoms with Gasteiger partial charge in [-0.3, -0.25) is 9.48 Å². The smallest absolute Gasteiger partial charge is 0.276 e. The SMILES string of the molecule is Cc1ncsc1CN(C)C(=O)c1nn(C)cc1N. The van der Waals surface area contributed by atoms with Crippen molar-refractivity contribution in [3.05, 3.63) is 28.0 Å². The molecule has 6 nitrogen and oxygen atoms in total. The van der Waals surface area contributed by atoms with E-state index in [-0.39, 0.29) is 5.91 Å². The predicted molar refractivity (Wildman–Crippen MR) is 70.3 cm³/mol. The summed E-state index contributed by atoms with van der Waals surface area (Å²) in [4.78, 5) is 19.0. The van der Waals surface area contributed by atoms with Crippen LogP contribution in [0.15, 0.2) is 11.7 Å². The molecule has 2 aromatic rings. The fourth-order valence-electron chi connectivity index (χ4n) is 1.62. The van der Waals surface area contributed by atoms with Crippen LogP contribution in [0.25, 0.3) is 0 Å². The van der Waals surface area contributed by atoms with Gasteiger partial charge in [-0.1, -0.05) is 0 Å². The summed E-state index contributed by atoms with van der Waals surface area (Å²) in [6.45, 7) is 2.45. The summed E-state index contributed by atoms with van der Waals surface area (Å²) in [5, 5.41) is 4.07. The van der Waals surface area contributed by atoms with Gasteiger partial charge in [-0.25, -0.2) is 4.98 Å². The first kappa shape index (κ1) is 12.6. The average Bonchev–Trinajstić information content (AvgIpc) is 2.85. The number of nitrogens with two attached hydrogens (primary N) is 1. The Kier molecular flexibility index (Phi) is 3.33. The van der Waals surface area contributed by atoms with E-state index in [0.717, 1.165) is 10.6 Å². The number of anilines is 1. The third kappa shape index (κ3) is 2.35. The number of hydrogen-bond acceptors (Lipinski definition) is 5. The van der Waals surface area contributed by atoms with Gasteiger partial charge in [-0.05, 0) is 6.92 Å². The van der Waals surface area contributed by atoms with Crippen LogP contribution >= 0.6 is 11.3 Å². The van der Waals surface area contributed by atoms with Gasteiger partial charge in [0, 0.05) is 25.2 Å². The van der Waals surface area contributed by atoms with Crippen LogP contribution < -0.4 is 5.73 Å². The molecule has 0 bridgehead atoms. The summed E-state index contributed by atoms with van der Waals surface area (Å²) >= 11 is 1.54. The lowest BCUT2D eigenvalue weighted by Crippen LogP contribution is -2.27. The van der Waals surface area contributed by atoms with E-state index in [1.54, 1.807) is 30.7 Å². The molecular formula is C11H15N5OS. The summed E-state index contributed by atoms with van der Waals surface area (Å²) in [5.41, 5.74) is 9.16. The molecule has 2 heterocycles. The van der Waals surface area contributed by atoms with Crippen molar-refractivity contribution >= 4 is 22.9 Å². The van der Waals surface area contributed by atoms with Crippen molar-refractivity contribution in [1.82, 2.24) is 19.7 Å². The van der Waals surface area contributed by atoms with E-state index in [9.17, 15) is 4.79 Å². The number of aryl methyl sites for hydroxylation is 2. The molecule has 0 saturated carbocycles. The number of amides is 1. The summed E-state index contributed by atoms with van der Waals surface area (Å²) in [6, 6.07) is 0. The number of carbonyl (C=O) groups excluding carboxylic acids is 1. The second-order valence-electron chi connectivity index (χ2n) is 4.13. The van der Waals surface area contributed by atoms with Gasteiger partial charge in [-0.15, -0.1) is 11.3 Å². The molecule has 0 aliphatic rings. The van der Waals surface area contributed by atoms with Gasteiger partial charge in [0.2, 0.25) is 0 Å². The maximum Gasteiger partial charge on any atom is 0.276 e. The van der Waals surface area contributed by atoms with Crippen molar-refractivity contribution in [2.45, 2.75) is 13.5 Å². The maximum atomic E-state index is 12.2. The van der Waals surface area contributed by atoms with Gasteiger partial charge in [0.1, 0.15) is 0 Å². The fourth-order valence-corrected chi connectivity index (χ4v) is 2.45. The maximum absolute atomic E-state index is 12.2. The highest BCUT2D eigenvalue weighted by Gasteiger charge is 2.19. The van der Waals surface area contributed by atoms with Crippen molar-refractivity contribution in [2.75, 3.05) is 12.8 Å². The molecule has 0 spiro atoms. The zero-order valence-corrected chi connectivity index (χ0v) is 11.4. The molecule has 0 aromatic carbocycles. The van der Waals surface area contributed by atoms with Gasteiger partial charge in [0.15, 0.2) is 5.69 Å². The molecule has 0 radical (unpaired) electrons. The minimum Gasteiger partial charge on any atom is -0.396 e. The van der Waals surface area contributed by atoms with E-state index < -0.39 is 0 Å². The highest BCUT2D eigenvalue weighted by atomic mass is 32.1. The molecule has 0 aliphatic carbocycles. The normalized spacial score (nSPS) is 10.6. The molecule has 7 heteroatoms. The van der Waals surface area contributed by atoms with Gasteiger partial charge in [-0.2, -0.15) is 5.10 Å². The van der Waals surface area contributed by atoms with Gasteiger partial charge in [0.05, 0.1) is 23.4 Å². The zero-order valence-electron chi connectivity index (χ0n) is 10.5. The molecule has 2 rings (SSSR count). The van der Waals surface area contributed by atoms with Crippen molar-refractivity contribution in [3.8, 4) is 0 Å². The first-order valence-corrected chi connectivity index (χ1v) is 6.30. The first-order chi connectivity index (χ1) is 8.49. The molecule has 96 valence electrons. The number of hydrogen-bond donors (Lipinski definition) is 1. The minimum absolute atomic E-state index is 0.180. The Balaban J connectivity index is 2.14. The van der Waals surface area contributed by atoms with Crippen LogP contribution in [0.1, 0.15) is 21.1 Å². The van der Waals surface area contributed by atoms with Crippen LogP contribution in [0.3, 0.4) is 0 Å².